The van der Waals surface area contributed by atoms with Crippen molar-refractivity contribution in [2.75, 3.05) is 20.3 Å². The molecule has 0 aliphatic rings. The van der Waals surface area contributed by atoms with Crippen LogP contribution in [0.5, 0.6) is 11.5 Å². The molecule has 22 heavy (non-hydrogen) atoms. The fraction of sp³-hybridized carbons (Fsp3) is 0.353. The van der Waals surface area contributed by atoms with Crippen molar-refractivity contribution < 1.29 is 14.6 Å². The van der Waals surface area contributed by atoms with Crippen LogP contribution in [0.2, 0.25) is 0 Å². The van der Waals surface area contributed by atoms with Crippen molar-refractivity contribution in [3.8, 4) is 11.5 Å². The van der Waals surface area contributed by atoms with Gasteiger partial charge in [0.15, 0.2) is 11.5 Å². The molecule has 0 aliphatic carbocycles. The molecule has 2 rings (SSSR count). The molecule has 1 heterocycles. The van der Waals surface area contributed by atoms with Crippen molar-refractivity contribution in [1.82, 2.24) is 10.3 Å². The van der Waals surface area contributed by atoms with E-state index in [1.54, 1.807) is 19.5 Å². The molecule has 0 fully saturated rings. The van der Waals surface area contributed by atoms with Crippen LogP contribution in [0.15, 0.2) is 42.7 Å². The predicted molar refractivity (Wildman–Crippen MR) is 85.1 cm³/mol. The van der Waals surface area contributed by atoms with Crippen LogP contribution in [0.25, 0.3) is 0 Å². The minimum absolute atomic E-state index is 0.0179. The van der Waals surface area contributed by atoms with Crippen molar-refractivity contribution in [2.45, 2.75) is 19.5 Å². The Kier molecular flexibility index (Phi) is 6.18. The first kappa shape index (κ1) is 16.3. The maximum absolute atomic E-state index is 8.82. The number of benzene rings is 1. The Balaban J connectivity index is 1.98. The van der Waals surface area contributed by atoms with E-state index in [4.69, 9.17) is 14.6 Å². The highest BCUT2D eigenvalue weighted by molar-refractivity contribution is 5.43. The summed E-state index contributed by atoms with van der Waals surface area (Å²) in [6, 6.07) is 10.0. The molecule has 118 valence electrons. The van der Waals surface area contributed by atoms with Crippen LogP contribution in [-0.2, 0) is 6.54 Å². The van der Waals surface area contributed by atoms with Gasteiger partial charge in [-0.2, -0.15) is 0 Å². The summed E-state index contributed by atoms with van der Waals surface area (Å²) in [4.78, 5) is 4.03. The first-order valence-electron chi connectivity index (χ1n) is 7.28. The normalized spacial score (nSPS) is 12.0. The SMILES string of the molecule is COc1cc(CNC(C)c2ccncc2)ccc1OCCO. The third-order valence-electron chi connectivity index (χ3n) is 3.40. The number of aliphatic hydroxyl groups excluding tert-OH is 1. The predicted octanol–water partition coefficient (Wildman–Crippen LogP) is 2.31. The topological polar surface area (TPSA) is 63.6 Å². The molecule has 0 saturated carbocycles. The van der Waals surface area contributed by atoms with E-state index in [0.717, 1.165) is 12.1 Å². The fourth-order valence-electron chi connectivity index (χ4n) is 2.14. The van der Waals surface area contributed by atoms with Gasteiger partial charge in [-0.05, 0) is 42.3 Å². The Labute approximate surface area is 130 Å². The highest BCUT2D eigenvalue weighted by Gasteiger charge is 2.08. The van der Waals surface area contributed by atoms with Crippen LogP contribution in [0, 0.1) is 0 Å². The Morgan fingerprint density at radius 3 is 2.64 bits per heavy atom. The monoisotopic (exact) mass is 302 g/mol. The van der Waals surface area contributed by atoms with Crippen molar-refractivity contribution in [2.24, 2.45) is 0 Å². The number of pyridine rings is 1. The average Bonchev–Trinajstić information content (AvgIpc) is 2.58. The summed E-state index contributed by atoms with van der Waals surface area (Å²) < 4.78 is 10.8. The molecular weight excluding hydrogens is 280 g/mol. The van der Waals surface area contributed by atoms with Gasteiger partial charge in [0.05, 0.1) is 13.7 Å². The van der Waals surface area contributed by atoms with E-state index in [1.807, 2.05) is 30.3 Å². The first-order chi connectivity index (χ1) is 10.7. The van der Waals surface area contributed by atoms with Gasteiger partial charge in [-0.25, -0.2) is 0 Å². The molecule has 1 aromatic heterocycles. The molecule has 0 radical (unpaired) electrons. The molecule has 2 N–H and O–H groups in total. The van der Waals surface area contributed by atoms with Gasteiger partial charge in [0.25, 0.3) is 0 Å². The number of methoxy groups -OCH3 is 1. The van der Waals surface area contributed by atoms with E-state index < -0.39 is 0 Å². The van der Waals surface area contributed by atoms with Gasteiger partial charge in [0, 0.05) is 25.0 Å². The molecule has 5 nitrogen and oxygen atoms in total. The number of hydrogen-bond acceptors (Lipinski definition) is 5. The maximum atomic E-state index is 8.82. The summed E-state index contributed by atoms with van der Waals surface area (Å²) in [6.07, 6.45) is 3.59. The summed E-state index contributed by atoms with van der Waals surface area (Å²) >= 11 is 0. The molecule has 1 atom stereocenters. The van der Waals surface area contributed by atoms with E-state index in [1.165, 1.54) is 5.56 Å². The van der Waals surface area contributed by atoms with Crippen LogP contribution in [-0.4, -0.2) is 30.4 Å². The fourth-order valence-corrected chi connectivity index (χ4v) is 2.14. The summed E-state index contributed by atoms with van der Waals surface area (Å²) in [5.74, 6) is 1.31. The van der Waals surface area contributed by atoms with Crippen LogP contribution in [0.1, 0.15) is 24.1 Å². The smallest absolute Gasteiger partial charge is 0.161 e. The Morgan fingerprint density at radius 1 is 1.18 bits per heavy atom. The third kappa shape index (κ3) is 4.44. The van der Waals surface area contributed by atoms with Gasteiger partial charge in [0.2, 0.25) is 0 Å². The first-order valence-corrected chi connectivity index (χ1v) is 7.28. The molecular formula is C17H22N2O3. The van der Waals surface area contributed by atoms with Crippen molar-refractivity contribution in [1.29, 1.82) is 0 Å². The summed E-state index contributed by atoms with van der Waals surface area (Å²) in [5.41, 5.74) is 2.30. The quantitative estimate of drug-likeness (QED) is 0.783. The summed E-state index contributed by atoms with van der Waals surface area (Å²) in [5, 5.41) is 12.3. The zero-order valence-corrected chi connectivity index (χ0v) is 13.0. The van der Waals surface area contributed by atoms with E-state index >= 15 is 0 Å². The zero-order valence-electron chi connectivity index (χ0n) is 13.0. The van der Waals surface area contributed by atoms with E-state index in [2.05, 4.69) is 17.2 Å². The molecule has 0 aliphatic heterocycles. The van der Waals surface area contributed by atoms with E-state index in [-0.39, 0.29) is 19.3 Å². The lowest BCUT2D eigenvalue weighted by molar-refractivity contribution is 0.196. The van der Waals surface area contributed by atoms with Crippen LogP contribution >= 0.6 is 0 Å². The second kappa shape index (κ2) is 8.36. The number of aromatic nitrogens is 1. The maximum Gasteiger partial charge on any atom is 0.161 e. The number of hydrogen-bond donors (Lipinski definition) is 2. The summed E-state index contributed by atoms with van der Waals surface area (Å²) in [7, 11) is 1.61. The van der Waals surface area contributed by atoms with E-state index in [0.29, 0.717) is 11.5 Å². The lowest BCUT2D eigenvalue weighted by Gasteiger charge is -2.15. The Hall–Kier alpha value is -2.11. The molecule has 2 aromatic rings. The van der Waals surface area contributed by atoms with Gasteiger partial charge >= 0.3 is 0 Å². The van der Waals surface area contributed by atoms with Crippen LogP contribution < -0.4 is 14.8 Å². The van der Waals surface area contributed by atoms with Crippen LogP contribution in [0.3, 0.4) is 0 Å². The Bertz CT molecular complexity index is 575. The number of nitrogens with one attached hydrogen (secondary N) is 1. The van der Waals surface area contributed by atoms with Crippen molar-refractivity contribution >= 4 is 0 Å². The largest absolute Gasteiger partial charge is 0.493 e. The standard InChI is InChI=1S/C17H22N2O3/c1-13(15-5-7-18-8-6-15)19-12-14-3-4-16(22-10-9-20)17(11-14)21-2/h3-8,11,13,19-20H,9-10,12H2,1-2H3. The van der Waals surface area contributed by atoms with Crippen molar-refractivity contribution in [3.63, 3.8) is 0 Å². The summed E-state index contributed by atoms with van der Waals surface area (Å²) in [6.45, 7) is 3.08. The lowest BCUT2D eigenvalue weighted by atomic mass is 10.1. The minimum atomic E-state index is -0.0179. The highest BCUT2D eigenvalue weighted by Crippen LogP contribution is 2.28. The minimum Gasteiger partial charge on any atom is -0.493 e. The average molecular weight is 302 g/mol. The third-order valence-corrected chi connectivity index (χ3v) is 3.40. The van der Waals surface area contributed by atoms with Gasteiger partial charge in [0.1, 0.15) is 6.61 Å². The number of nitrogens with zero attached hydrogens (tertiary/aromatic N) is 1. The van der Waals surface area contributed by atoms with E-state index in [9.17, 15) is 0 Å². The van der Waals surface area contributed by atoms with Gasteiger partial charge in [-0.1, -0.05) is 6.07 Å². The second-order valence-corrected chi connectivity index (χ2v) is 4.94. The number of rotatable bonds is 8. The number of ether oxygens (including phenoxy) is 2. The number of aliphatic hydroxyl groups is 1. The molecule has 1 aromatic carbocycles. The van der Waals surface area contributed by atoms with Gasteiger partial charge < -0.3 is 19.9 Å². The highest BCUT2D eigenvalue weighted by atomic mass is 16.5. The van der Waals surface area contributed by atoms with Gasteiger partial charge in [-0.15, -0.1) is 0 Å². The lowest BCUT2D eigenvalue weighted by Crippen LogP contribution is -2.18. The molecule has 0 spiro atoms. The molecule has 1 unspecified atom stereocenters. The zero-order chi connectivity index (χ0) is 15.8. The Morgan fingerprint density at radius 2 is 1.95 bits per heavy atom. The van der Waals surface area contributed by atoms with Gasteiger partial charge in [-0.3, -0.25) is 4.98 Å². The van der Waals surface area contributed by atoms with Crippen molar-refractivity contribution in [3.05, 3.63) is 53.9 Å². The molecule has 0 bridgehead atoms. The molecule has 0 saturated heterocycles. The second-order valence-electron chi connectivity index (χ2n) is 4.94. The molecule has 5 heteroatoms. The molecule has 0 amide bonds. The van der Waals surface area contributed by atoms with Crippen LogP contribution in [0.4, 0.5) is 0 Å².